The van der Waals surface area contributed by atoms with Crippen molar-refractivity contribution in [1.29, 1.82) is 0 Å². The first-order valence-corrected chi connectivity index (χ1v) is 8.18. The summed E-state index contributed by atoms with van der Waals surface area (Å²) in [6, 6.07) is 7.42. The predicted octanol–water partition coefficient (Wildman–Crippen LogP) is 3.13. The molecule has 1 amide bonds. The quantitative estimate of drug-likeness (QED) is 0.699. The summed E-state index contributed by atoms with van der Waals surface area (Å²) < 4.78 is 1.62. The number of aromatic nitrogens is 4. The van der Waals surface area contributed by atoms with E-state index in [1.807, 2.05) is 25.4 Å². The molecule has 1 unspecified atom stereocenters. The maximum atomic E-state index is 12.9. The lowest BCUT2D eigenvalue weighted by Gasteiger charge is -2.28. The van der Waals surface area contributed by atoms with Gasteiger partial charge in [0.15, 0.2) is 11.3 Å². The standard InChI is InChI=1S/C18H21N5O/c1-3-4-8-16(14-7-5-9-19-13-14)22(2)18(24)15-12-17-20-10-6-11-23(17)21-15/h5-7,9-13,16H,3-4,8H2,1-2H3. The monoisotopic (exact) mass is 323 g/mol. The molecular weight excluding hydrogens is 302 g/mol. The summed E-state index contributed by atoms with van der Waals surface area (Å²) in [5, 5.41) is 4.34. The highest BCUT2D eigenvalue weighted by Crippen LogP contribution is 2.26. The maximum absolute atomic E-state index is 12.9. The minimum absolute atomic E-state index is 0.0103. The average molecular weight is 323 g/mol. The lowest BCUT2D eigenvalue weighted by molar-refractivity contribution is 0.0714. The van der Waals surface area contributed by atoms with Gasteiger partial charge in [0.1, 0.15) is 0 Å². The van der Waals surface area contributed by atoms with Crippen LogP contribution in [0, 0.1) is 0 Å². The maximum Gasteiger partial charge on any atom is 0.274 e. The minimum atomic E-state index is -0.106. The Morgan fingerprint density at radius 1 is 1.33 bits per heavy atom. The van der Waals surface area contributed by atoms with Gasteiger partial charge in [-0.05, 0) is 24.1 Å². The van der Waals surface area contributed by atoms with Crippen molar-refractivity contribution < 1.29 is 4.79 Å². The molecule has 0 aliphatic carbocycles. The highest BCUT2D eigenvalue weighted by Gasteiger charge is 2.24. The van der Waals surface area contributed by atoms with Crippen molar-refractivity contribution in [3.8, 4) is 0 Å². The Labute approximate surface area is 141 Å². The van der Waals surface area contributed by atoms with Crippen LogP contribution < -0.4 is 0 Å². The lowest BCUT2D eigenvalue weighted by atomic mass is 10.0. The molecule has 124 valence electrons. The second-order valence-electron chi connectivity index (χ2n) is 5.81. The number of unbranched alkanes of at least 4 members (excludes halogenated alkanes) is 1. The number of fused-ring (bicyclic) bond motifs is 1. The van der Waals surface area contributed by atoms with Crippen molar-refractivity contribution >= 4 is 11.6 Å². The summed E-state index contributed by atoms with van der Waals surface area (Å²) in [5.41, 5.74) is 2.12. The van der Waals surface area contributed by atoms with Crippen LogP contribution in [0.3, 0.4) is 0 Å². The van der Waals surface area contributed by atoms with E-state index in [9.17, 15) is 4.79 Å². The molecule has 0 N–H and O–H groups in total. The van der Waals surface area contributed by atoms with Crippen LogP contribution in [0.15, 0.2) is 49.1 Å². The number of nitrogens with zero attached hydrogens (tertiary/aromatic N) is 5. The zero-order valence-corrected chi connectivity index (χ0v) is 14.0. The molecule has 6 nitrogen and oxygen atoms in total. The average Bonchev–Trinajstić information content (AvgIpc) is 3.06. The predicted molar refractivity (Wildman–Crippen MR) is 91.6 cm³/mol. The Morgan fingerprint density at radius 3 is 2.92 bits per heavy atom. The molecule has 0 saturated heterocycles. The van der Waals surface area contributed by atoms with Crippen LogP contribution in [0.25, 0.3) is 5.65 Å². The molecule has 0 bridgehead atoms. The van der Waals surface area contributed by atoms with Gasteiger partial charge >= 0.3 is 0 Å². The molecule has 1 atom stereocenters. The van der Waals surface area contributed by atoms with E-state index in [0.717, 1.165) is 24.8 Å². The van der Waals surface area contributed by atoms with Crippen LogP contribution in [0.2, 0.25) is 0 Å². The van der Waals surface area contributed by atoms with Gasteiger partial charge in [-0.3, -0.25) is 9.78 Å². The van der Waals surface area contributed by atoms with E-state index in [-0.39, 0.29) is 11.9 Å². The van der Waals surface area contributed by atoms with Crippen molar-refractivity contribution in [3.63, 3.8) is 0 Å². The third kappa shape index (κ3) is 3.27. The van der Waals surface area contributed by atoms with Crippen LogP contribution in [-0.4, -0.2) is 37.4 Å². The van der Waals surface area contributed by atoms with Crippen LogP contribution >= 0.6 is 0 Å². The van der Waals surface area contributed by atoms with Gasteiger partial charge in [0.2, 0.25) is 0 Å². The Hall–Kier alpha value is -2.76. The van der Waals surface area contributed by atoms with E-state index >= 15 is 0 Å². The fourth-order valence-corrected chi connectivity index (χ4v) is 2.81. The van der Waals surface area contributed by atoms with Crippen molar-refractivity contribution in [2.45, 2.75) is 32.2 Å². The first-order valence-electron chi connectivity index (χ1n) is 8.18. The van der Waals surface area contributed by atoms with Gasteiger partial charge in [-0.25, -0.2) is 9.50 Å². The molecule has 0 aliphatic rings. The highest BCUT2D eigenvalue weighted by atomic mass is 16.2. The molecule has 3 heterocycles. The van der Waals surface area contributed by atoms with Gasteiger partial charge in [0.25, 0.3) is 5.91 Å². The van der Waals surface area contributed by atoms with E-state index in [0.29, 0.717) is 11.3 Å². The third-order valence-electron chi connectivity index (χ3n) is 4.14. The van der Waals surface area contributed by atoms with Crippen molar-refractivity contribution in [2.24, 2.45) is 0 Å². The van der Waals surface area contributed by atoms with E-state index in [2.05, 4.69) is 22.0 Å². The molecule has 0 aromatic carbocycles. The molecule has 6 heteroatoms. The SMILES string of the molecule is CCCCC(c1cccnc1)N(C)C(=O)c1cc2ncccn2n1. The van der Waals surface area contributed by atoms with E-state index in [1.165, 1.54) is 0 Å². The first-order chi connectivity index (χ1) is 11.7. The number of pyridine rings is 1. The second kappa shape index (κ2) is 7.21. The molecule has 3 rings (SSSR count). The summed E-state index contributed by atoms with van der Waals surface area (Å²) in [4.78, 5) is 23.1. The van der Waals surface area contributed by atoms with Crippen LogP contribution in [-0.2, 0) is 0 Å². The zero-order valence-electron chi connectivity index (χ0n) is 14.0. The van der Waals surface area contributed by atoms with Crippen LogP contribution in [0.4, 0.5) is 0 Å². The van der Waals surface area contributed by atoms with Crippen molar-refractivity contribution in [2.75, 3.05) is 7.05 Å². The van der Waals surface area contributed by atoms with Gasteiger partial charge in [-0.2, -0.15) is 5.10 Å². The minimum Gasteiger partial charge on any atom is -0.333 e. The number of rotatable bonds is 6. The Bertz CT molecular complexity index is 781. The second-order valence-corrected chi connectivity index (χ2v) is 5.81. The van der Waals surface area contributed by atoms with Crippen molar-refractivity contribution in [1.82, 2.24) is 24.5 Å². The van der Waals surface area contributed by atoms with Crippen LogP contribution in [0.1, 0.15) is 48.3 Å². The van der Waals surface area contributed by atoms with Gasteiger partial charge in [0, 0.05) is 37.9 Å². The first kappa shape index (κ1) is 16.1. The Balaban J connectivity index is 1.88. The van der Waals surface area contributed by atoms with E-state index in [4.69, 9.17) is 0 Å². The molecule has 0 fully saturated rings. The summed E-state index contributed by atoms with van der Waals surface area (Å²) in [6.45, 7) is 2.15. The van der Waals surface area contributed by atoms with Crippen LogP contribution in [0.5, 0.6) is 0 Å². The Kier molecular flexibility index (Phi) is 4.84. The molecule has 0 spiro atoms. The fraction of sp³-hybridized carbons (Fsp3) is 0.333. The summed E-state index contributed by atoms with van der Waals surface area (Å²) >= 11 is 0. The lowest BCUT2D eigenvalue weighted by Crippen LogP contribution is -2.31. The number of amides is 1. The third-order valence-corrected chi connectivity index (χ3v) is 4.14. The molecular formula is C18H21N5O. The fourth-order valence-electron chi connectivity index (χ4n) is 2.81. The van der Waals surface area contributed by atoms with Gasteiger partial charge in [-0.1, -0.05) is 25.8 Å². The molecule has 0 radical (unpaired) electrons. The number of carbonyl (C=O) groups excluding carboxylic acids is 1. The molecule has 0 aliphatic heterocycles. The molecule has 3 aromatic rings. The van der Waals surface area contributed by atoms with Gasteiger partial charge < -0.3 is 4.90 Å². The Morgan fingerprint density at radius 2 is 2.21 bits per heavy atom. The van der Waals surface area contributed by atoms with Crippen molar-refractivity contribution in [3.05, 3.63) is 60.3 Å². The number of carbonyl (C=O) groups is 1. The van der Waals surface area contributed by atoms with E-state index < -0.39 is 0 Å². The summed E-state index contributed by atoms with van der Waals surface area (Å²) in [5.74, 6) is -0.106. The highest BCUT2D eigenvalue weighted by molar-refractivity contribution is 5.93. The normalized spacial score (nSPS) is 12.2. The number of hydrogen-bond acceptors (Lipinski definition) is 4. The molecule has 3 aromatic heterocycles. The summed E-state index contributed by atoms with van der Waals surface area (Å²) in [7, 11) is 1.83. The molecule has 0 saturated carbocycles. The summed E-state index contributed by atoms with van der Waals surface area (Å²) in [6.07, 6.45) is 10.1. The molecule has 24 heavy (non-hydrogen) atoms. The van der Waals surface area contributed by atoms with E-state index in [1.54, 1.807) is 40.1 Å². The zero-order chi connectivity index (χ0) is 16.9. The van der Waals surface area contributed by atoms with Gasteiger partial charge in [-0.15, -0.1) is 0 Å². The topological polar surface area (TPSA) is 63.4 Å². The smallest absolute Gasteiger partial charge is 0.274 e. The number of hydrogen-bond donors (Lipinski definition) is 0. The van der Waals surface area contributed by atoms with Gasteiger partial charge in [0.05, 0.1) is 6.04 Å². The largest absolute Gasteiger partial charge is 0.333 e.